The van der Waals surface area contributed by atoms with Crippen molar-refractivity contribution in [1.82, 2.24) is 9.97 Å². The van der Waals surface area contributed by atoms with Crippen LogP contribution in [-0.4, -0.2) is 16.0 Å². The Kier molecular flexibility index (Phi) is 5.72. The number of thiazole rings is 1. The zero-order valence-electron chi connectivity index (χ0n) is 15.9. The lowest BCUT2D eigenvalue weighted by Gasteiger charge is -2.10. The summed E-state index contributed by atoms with van der Waals surface area (Å²) in [6.07, 6.45) is 3.91. The standard InChI is InChI=1S/C21H19F3N4OS/c22-21(23,24)15-6-3-7-16(10-15)27-20(29)28-18-9-8-14(11-25-18)17-12-26-19(30-17)13-4-1-2-5-13/h3,6-13H,1-2,4-5H2,(H2,25,27,28,29). The first kappa shape index (κ1) is 20.3. The summed E-state index contributed by atoms with van der Waals surface area (Å²) in [5, 5.41) is 6.07. The fourth-order valence-corrected chi connectivity index (χ4v) is 4.53. The molecular weight excluding hydrogens is 413 g/mol. The summed E-state index contributed by atoms with van der Waals surface area (Å²) in [6.45, 7) is 0. The Hall–Kier alpha value is -2.94. The van der Waals surface area contributed by atoms with Gasteiger partial charge in [0.2, 0.25) is 0 Å². The van der Waals surface area contributed by atoms with Crippen LogP contribution in [0.2, 0.25) is 0 Å². The van der Waals surface area contributed by atoms with Crippen molar-refractivity contribution in [3.05, 3.63) is 59.4 Å². The molecule has 1 aliphatic carbocycles. The van der Waals surface area contributed by atoms with E-state index < -0.39 is 17.8 Å². The van der Waals surface area contributed by atoms with Gasteiger partial charge in [-0.3, -0.25) is 5.32 Å². The second-order valence-corrected chi connectivity index (χ2v) is 8.20. The maximum Gasteiger partial charge on any atom is 0.416 e. The Morgan fingerprint density at radius 1 is 1.03 bits per heavy atom. The van der Waals surface area contributed by atoms with Gasteiger partial charge < -0.3 is 5.32 Å². The maximum absolute atomic E-state index is 12.8. The minimum atomic E-state index is -4.47. The smallest absolute Gasteiger partial charge is 0.308 e. The van der Waals surface area contributed by atoms with Crippen LogP contribution in [0, 0.1) is 0 Å². The summed E-state index contributed by atoms with van der Waals surface area (Å²) >= 11 is 1.67. The van der Waals surface area contributed by atoms with Crippen LogP contribution in [0.3, 0.4) is 0 Å². The van der Waals surface area contributed by atoms with Gasteiger partial charge in [-0.2, -0.15) is 13.2 Å². The second-order valence-electron chi connectivity index (χ2n) is 7.13. The molecule has 30 heavy (non-hydrogen) atoms. The lowest BCUT2D eigenvalue weighted by atomic mass is 10.1. The van der Waals surface area contributed by atoms with Crippen LogP contribution in [0.1, 0.15) is 42.2 Å². The van der Waals surface area contributed by atoms with Gasteiger partial charge in [0, 0.05) is 29.6 Å². The van der Waals surface area contributed by atoms with Gasteiger partial charge in [0.05, 0.1) is 15.4 Å². The number of anilines is 2. The lowest BCUT2D eigenvalue weighted by molar-refractivity contribution is -0.137. The number of aromatic nitrogens is 2. The van der Waals surface area contributed by atoms with Crippen LogP contribution in [0.15, 0.2) is 48.8 Å². The Bertz CT molecular complexity index is 1030. The van der Waals surface area contributed by atoms with Gasteiger partial charge in [-0.05, 0) is 43.2 Å². The Morgan fingerprint density at radius 3 is 2.53 bits per heavy atom. The average Bonchev–Trinajstić information content (AvgIpc) is 3.40. The normalized spacial score (nSPS) is 14.6. The lowest BCUT2D eigenvalue weighted by Crippen LogP contribution is -2.20. The SMILES string of the molecule is O=C(Nc1cccc(C(F)(F)F)c1)Nc1ccc(-c2cnc(C3CCCC3)s2)cn1. The molecule has 1 fully saturated rings. The first-order valence-corrected chi connectivity index (χ1v) is 10.4. The van der Waals surface area contributed by atoms with Crippen LogP contribution in [0.4, 0.5) is 29.5 Å². The van der Waals surface area contributed by atoms with Gasteiger partial charge >= 0.3 is 12.2 Å². The number of urea groups is 1. The number of hydrogen-bond donors (Lipinski definition) is 2. The number of carbonyl (C=O) groups excluding carboxylic acids is 1. The number of carbonyl (C=O) groups is 1. The molecule has 2 aromatic heterocycles. The highest BCUT2D eigenvalue weighted by Crippen LogP contribution is 2.38. The third-order valence-corrected chi connectivity index (χ3v) is 6.17. The predicted octanol–water partition coefficient (Wildman–Crippen LogP) is 6.53. The summed E-state index contributed by atoms with van der Waals surface area (Å²) in [7, 11) is 0. The molecule has 3 aromatic rings. The molecule has 2 N–H and O–H groups in total. The molecule has 1 aromatic carbocycles. The maximum atomic E-state index is 12.8. The third kappa shape index (κ3) is 4.79. The number of benzene rings is 1. The van der Waals surface area contributed by atoms with Crippen LogP contribution in [-0.2, 0) is 6.18 Å². The molecule has 0 saturated heterocycles. The number of nitrogens with one attached hydrogen (secondary N) is 2. The van der Waals surface area contributed by atoms with E-state index in [9.17, 15) is 18.0 Å². The van der Waals surface area contributed by atoms with Gasteiger partial charge in [-0.15, -0.1) is 11.3 Å². The topological polar surface area (TPSA) is 66.9 Å². The molecule has 0 radical (unpaired) electrons. The van der Waals surface area contributed by atoms with Gasteiger partial charge in [0.15, 0.2) is 0 Å². The molecule has 0 unspecified atom stereocenters. The number of nitrogens with zero attached hydrogens (tertiary/aromatic N) is 2. The average molecular weight is 432 g/mol. The number of amides is 2. The molecule has 1 aliphatic rings. The fraction of sp³-hybridized carbons (Fsp3) is 0.286. The van der Waals surface area contributed by atoms with Crippen molar-refractivity contribution in [2.24, 2.45) is 0 Å². The monoisotopic (exact) mass is 432 g/mol. The number of hydrogen-bond acceptors (Lipinski definition) is 4. The van der Waals surface area contributed by atoms with Crippen molar-refractivity contribution >= 4 is 28.9 Å². The summed E-state index contributed by atoms with van der Waals surface area (Å²) in [5.41, 5.74) is 0.118. The van der Waals surface area contributed by atoms with Gasteiger partial charge in [-0.25, -0.2) is 14.8 Å². The van der Waals surface area contributed by atoms with Crippen LogP contribution < -0.4 is 10.6 Å². The predicted molar refractivity (Wildman–Crippen MR) is 111 cm³/mol. The highest BCUT2D eigenvalue weighted by atomic mass is 32.1. The van der Waals surface area contributed by atoms with Crippen LogP contribution in [0.25, 0.3) is 10.4 Å². The van der Waals surface area contributed by atoms with E-state index in [4.69, 9.17) is 0 Å². The van der Waals surface area contributed by atoms with Gasteiger partial charge in [0.1, 0.15) is 5.82 Å². The van der Waals surface area contributed by atoms with Crippen molar-refractivity contribution in [1.29, 1.82) is 0 Å². The molecule has 0 bridgehead atoms. The number of halogens is 3. The van der Waals surface area contributed by atoms with E-state index in [2.05, 4.69) is 20.6 Å². The number of alkyl halides is 3. The van der Waals surface area contributed by atoms with Crippen molar-refractivity contribution in [2.45, 2.75) is 37.8 Å². The van der Waals surface area contributed by atoms with Crippen molar-refractivity contribution in [3.63, 3.8) is 0 Å². The Labute approximate surface area is 175 Å². The first-order valence-electron chi connectivity index (χ1n) is 9.56. The number of pyridine rings is 1. The molecule has 9 heteroatoms. The molecule has 2 amide bonds. The zero-order chi connectivity index (χ0) is 21.1. The molecule has 1 saturated carbocycles. The molecule has 0 spiro atoms. The minimum Gasteiger partial charge on any atom is -0.308 e. The van der Waals surface area contributed by atoms with E-state index in [1.54, 1.807) is 23.6 Å². The zero-order valence-corrected chi connectivity index (χ0v) is 16.7. The second kappa shape index (κ2) is 8.43. The molecule has 5 nitrogen and oxygen atoms in total. The van der Waals surface area contributed by atoms with Crippen molar-refractivity contribution < 1.29 is 18.0 Å². The third-order valence-electron chi connectivity index (χ3n) is 4.97. The highest BCUT2D eigenvalue weighted by Gasteiger charge is 2.30. The molecule has 0 atom stereocenters. The van der Waals surface area contributed by atoms with E-state index in [0.717, 1.165) is 27.6 Å². The molecule has 4 rings (SSSR count). The molecule has 0 aliphatic heterocycles. The fourth-order valence-electron chi connectivity index (χ4n) is 3.45. The Balaban J connectivity index is 1.38. The van der Waals surface area contributed by atoms with Crippen molar-refractivity contribution in [2.75, 3.05) is 10.6 Å². The van der Waals surface area contributed by atoms with Gasteiger partial charge in [-0.1, -0.05) is 18.9 Å². The molecular formula is C21H19F3N4OS. The van der Waals surface area contributed by atoms with E-state index in [1.165, 1.54) is 37.8 Å². The first-order chi connectivity index (χ1) is 14.4. The highest BCUT2D eigenvalue weighted by molar-refractivity contribution is 7.15. The largest absolute Gasteiger partial charge is 0.416 e. The summed E-state index contributed by atoms with van der Waals surface area (Å²) in [4.78, 5) is 21.9. The molecule has 156 valence electrons. The summed E-state index contributed by atoms with van der Waals surface area (Å²) < 4.78 is 38.3. The number of rotatable bonds is 4. The molecule has 2 heterocycles. The summed E-state index contributed by atoms with van der Waals surface area (Å²) in [5.74, 6) is 0.848. The van der Waals surface area contributed by atoms with Gasteiger partial charge in [0.25, 0.3) is 0 Å². The van der Waals surface area contributed by atoms with Crippen molar-refractivity contribution in [3.8, 4) is 10.4 Å². The van der Waals surface area contributed by atoms with E-state index in [1.807, 2.05) is 12.3 Å². The summed E-state index contributed by atoms with van der Waals surface area (Å²) in [6, 6.07) is 7.26. The quantitative estimate of drug-likeness (QED) is 0.493. The van der Waals surface area contributed by atoms with E-state index in [0.29, 0.717) is 11.7 Å². The minimum absolute atomic E-state index is 0.0445. The van der Waals surface area contributed by atoms with E-state index >= 15 is 0 Å². The Morgan fingerprint density at radius 2 is 1.83 bits per heavy atom. The van der Waals surface area contributed by atoms with E-state index in [-0.39, 0.29) is 5.69 Å². The van der Waals surface area contributed by atoms with Crippen LogP contribution >= 0.6 is 11.3 Å². The van der Waals surface area contributed by atoms with Crippen LogP contribution in [0.5, 0.6) is 0 Å².